The van der Waals surface area contributed by atoms with Crippen LogP contribution >= 0.6 is 0 Å². The molecule has 0 spiro atoms. The summed E-state index contributed by atoms with van der Waals surface area (Å²) < 4.78 is 12.8. The first kappa shape index (κ1) is 11.3. The van der Waals surface area contributed by atoms with Crippen LogP contribution in [0.4, 0.5) is 4.39 Å². The third kappa shape index (κ3) is 2.50. The minimum atomic E-state index is -0.191. The zero-order chi connectivity index (χ0) is 11.8. The van der Waals surface area contributed by atoms with Gasteiger partial charge in [0, 0.05) is 6.04 Å². The van der Waals surface area contributed by atoms with Crippen molar-refractivity contribution < 1.29 is 4.39 Å². The van der Waals surface area contributed by atoms with Crippen LogP contribution in [0.25, 0.3) is 5.57 Å². The van der Waals surface area contributed by atoms with E-state index in [4.69, 9.17) is 5.73 Å². The second-order valence-electron chi connectivity index (χ2n) is 5.41. The molecule has 0 amide bonds. The summed E-state index contributed by atoms with van der Waals surface area (Å²) in [6.45, 7) is 4.45. The van der Waals surface area contributed by atoms with Gasteiger partial charge in [0.05, 0.1) is 0 Å². The van der Waals surface area contributed by atoms with E-state index in [0.717, 1.165) is 18.4 Å². The molecule has 1 unspecified atom stereocenters. The molecule has 1 aromatic rings. The maximum absolute atomic E-state index is 12.8. The lowest BCUT2D eigenvalue weighted by Gasteiger charge is -2.33. The summed E-state index contributed by atoms with van der Waals surface area (Å²) in [5, 5.41) is 0. The number of rotatable bonds is 1. The Morgan fingerprint density at radius 1 is 1.25 bits per heavy atom. The third-order valence-electron chi connectivity index (χ3n) is 3.09. The van der Waals surface area contributed by atoms with Crippen LogP contribution in [-0.4, -0.2) is 6.04 Å². The van der Waals surface area contributed by atoms with E-state index in [1.54, 1.807) is 0 Å². The van der Waals surface area contributed by atoms with Crippen LogP contribution in [0.1, 0.15) is 32.3 Å². The molecule has 86 valence electrons. The molecule has 2 rings (SSSR count). The van der Waals surface area contributed by atoms with Crippen molar-refractivity contribution in [1.82, 2.24) is 0 Å². The molecular weight excluding hydrogens is 201 g/mol. The maximum Gasteiger partial charge on any atom is 0.123 e. The molecule has 1 aromatic carbocycles. The lowest BCUT2D eigenvalue weighted by molar-refractivity contribution is 0.319. The van der Waals surface area contributed by atoms with Gasteiger partial charge >= 0.3 is 0 Å². The minimum absolute atomic E-state index is 0.115. The molecule has 2 N–H and O–H groups in total. The summed E-state index contributed by atoms with van der Waals surface area (Å²) in [6.07, 6.45) is 4.13. The predicted octanol–water partition coefficient (Wildman–Crippen LogP) is 3.36. The van der Waals surface area contributed by atoms with Gasteiger partial charge in [-0.3, -0.25) is 0 Å². The van der Waals surface area contributed by atoms with E-state index in [1.807, 2.05) is 12.1 Å². The van der Waals surface area contributed by atoms with E-state index in [-0.39, 0.29) is 17.3 Å². The van der Waals surface area contributed by atoms with Crippen LogP contribution in [-0.2, 0) is 0 Å². The quantitative estimate of drug-likeness (QED) is 0.770. The first-order valence-corrected chi connectivity index (χ1v) is 5.68. The van der Waals surface area contributed by atoms with Gasteiger partial charge in [-0.05, 0) is 41.5 Å². The highest BCUT2D eigenvalue weighted by atomic mass is 19.1. The molecule has 0 aliphatic heterocycles. The highest BCUT2D eigenvalue weighted by Crippen LogP contribution is 2.38. The zero-order valence-electron chi connectivity index (χ0n) is 9.83. The van der Waals surface area contributed by atoms with Gasteiger partial charge in [0.2, 0.25) is 0 Å². The van der Waals surface area contributed by atoms with Crippen molar-refractivity contribution in [2.75, 3.05) is 0 Å². The predicted molar refractivity (Wildman–Crippen MR) is 65.4 cm³/mol. The fourth-order valence-electron chi connectivity index (χ4n) is 2.46. The summed E-state index contributed by atoms with van der Waals surface area (Å²) in [4.78, 5) is 0. The molecule has 0 bridgehead atoms. The minimum Gasteiger partial charge on any atom is -0.324 e. The average molecular weight is 219 g/mol. The lowest BCUT2D eigenvalue weighted by atomic mass is 9.74. The van der Waals surface area contributed by atoms with Crippen LogP contribution < -0.4 is 5.73 Å². The summed E-state index contributed by atoms with van der Waals surface area (Å²) in [5.74, 6) is -0.191. The Labute approximate surface area is 96.2 Å². The van der Waals surface area contributed by atoms with E-state index in [9.17, 15) is 4.39 Å². The molecule has 0 aromatic heterocycles. The van der Waals surface area contributed by atoms with Gasteiger partial charge in [-0.25, -0.2) is 4.39 Å². The smallest absolute Gasteiger partial charge is 0.123 e. The normalized spacial score (nSPS) is 24.0. The highest BCUT2D eigenvalue weighted by molar-refractivity contribution is 5.67. The Bertz CT molecular complexity index is 403. The average Bonchev–Trinajstić information content (AvgIpc) is 2.15. The van der Waals surface area contributed by atoms with E-state index < -0.39 is 0 Å². The number of hydrogen-bond donors (Lipinski definition) is 1. The van der Waals surface area contributed by atoms with Gasteiger partial charge in [-0.1, -0.05) is 32.1 Å². The molecule has 1 atom stereocenters. The molecule has 1 aliphatic carbocycles. The first-order chi connectivity index (χ1) is 7.46. The van der Waals surface area contributed by atoms with Crippen LogP contribution in [0.15, 0.2) is 30.3 Å². The summed E-state index contributed by atoms with van der Waals surface area (Å²) in [7, 11) is 0. The third-order valence-corrected chi connectivity index (χ3v) is 3.09. The van der Waals surface area contributed by atoms with Gasteiger partial charge in [0.25, 0.3) is 0 Å². The number of hydrogen-bond acceptors (Lipinski definition) is 1. The fourth-order valence-corrected chi connectivity index (χ4v) is 2.46. The molecule has 0 radical (unpaired) electrons. The Balaban J connectivity index is 2.30. The topological polar surface area (TPSA) is 26.0 Å². The molecule has 0 heterocycles. The van der Waals surface area contributed by atoms with Crippen LogP contribution in [0, 0.1) is 11.2 Å². The van der Waals surface area contributed by atoms with Gasteiger partial charge in [-0.15, -0.1) is 0 Å². The van der Waals surface area contributed by atoms with Gasteiger partial charge in [-0.2, -0.15) is 0 Å². The van der Waals surface area contributed by atoms with Crippen molar-refractivity contribution in [3.63, 3.8) is 0 Å². The van der Waals surface area contributed by atoms with Crippen LogP contribution in [0.2, 0.25) is 0 Å². The van der Waals surface area contributed by atoms with Crippen molar-refractivity contribution in [1.29, 1.82) is 0 Å². The molecular formula is C14H18FN. The summed E-state index contributed by atoms with van der Waals surface area (Å²) in [5.41, 5.74) is 8.58. The number of allylic oxidation sites excluding steroid dienone is 1. The Morgan fingerprint density at radius 3 is 2.44 bits per heavy atom. The largest absolute Gasteiger partial charge is 0.324 e. The van der Waals surface area contributed by atoms with E-state index >= 15 is 0 Å². The summed E-state index contributed by atoms with van der Waals surface area (Å²) >= 11 is 0. The Hall–Kier alpha value is -1.15. The van der Waals surface area contributed by atoms with E-state index in [1.165, 1.54) is 17.7 Å². The fraction of sp³-hybridized carbons (Fsp3) is 0.429. The van der Waals surface area contributed by atoms with E-state index in [0.29, 0.717) is 0 Å². The second-order valence-corrected chi connectivity index (χ2v) is 5.41. The van der Waals surface area contributed by atoms with Crippen LogP contribution in [0.5, 0.6) is 0 Å². The maximum atomic E-state index is 12.8. The Morgan fingerprint density at radius 2 is 1.88 bits per heavy atom. The summed E-state index contributed by atoms with van der Waals surface area (Å²) in [6, 6.07) is 6.78. The van der Waals surface area contributed by atoms with Crippen molar-refractivity contribution >= 4 is 5.57 Å². The second kappa shape index (κ2) is 4.02. The standard InChI is InChI=1S/C14H18FN/c1-14(2)8-11(7-13(16)9-14)10-3-5-12(15)6-4-10/h3-7,13H,8-9,16H2,1-2H3. The number of nitrogens with two attached hydrogens (primary N) is 1. The molecule has 0 saturated heterocycles. The number of halogens is 1. The number of benzene rings is 1. The van der Waals surface area contributed by atoms with Gasteiger partial charge < -0.3 is 5.73 Å². The van der Waals surface area contributed by atoms with Crippen molar-refractivity contribution in [2.24, 2.45) is 11.1 Å². The molecule has 1 aliphatic rings. The Kier molecular flexibility index (Phi) is 2.85. The van der Waals surface area contributed by atoms with Crippen molar-refractivity contribution in [3.8, 4) is 0 Å². The van der Waals surface area contributed by atoms with Gasteiger partial charge in [0.15, 0.2) is 0 Å². The highest BCUT2D eigenvalue weighted by Gasteiger charge is 2.27. The molecule has 16 heavy (non-hydrogen) atoms. The monoisotopic (exact) mass is 219 g/mol. The first-order valence-electron chi connectivity index (χ1n) is 5.68. The van der Waals surface area contributed by atoms with E-state index in [2.05, 4.69) is 19.9 Å². The SMILES string of the molecule is CC1(C)CC(c2ccc(F)cc2)=CC(N)C1. The van der Waals surface area contributed by atoms with Gasteiger partial charge in [0.1, 0.15) is 5.82 Å². The molecule has 0 fully saturated rings. The molecule has 0 saturated carbocycles. The van der Waals surface area contributed by atoms with Crippen molar-refractivity contribution in [2.45, 2.75) is 32.7 Å². The van der Waals surface area contributed by atoms with Crippen LogP contribution in [0.3, 0.4) is 0 Å². The molecule has 2 heteroatoms. The zero-order valence-corrected chi connectivity index (χ0v) is 9.83. The lowest BCUT2D eigenvalue weighted by Crippen LogP contribution is -2.30. The molecule has 1 nitrogen and oxygen atoms in total. The van der Waals surface area contributed by atoms with Crippen molar-refractivity contribution in [3.05, 3.63) is 41.7 Å².